The number of carboxylic acid groups (broad SMARTS) is 1. The van der Waals surface area contributed by atoms with Crippen molar-refractivity contribution >= 4 is 33.0 Å². The number of aliphatic carboxylic acids is 1. The number of methoxy groups -OCH3 is 1. The lowest BCUT2D eigenvalue weighted by Crippen LogP contribution is -2.66. The van der Waals surface area contributed by atoms with E-state index in [0.717, 1.165) is 39.8 Å². The molecule has 2 bridgehead atoms. The predicted molar refractivity (Wildman–Crippen MR) is 220 cm³/mol. The number of rotatable bonds is 19. The summed E-state index contributed by atoms with van der Waals surface area (Å²) in [5.74, 6) is -0.322. The summed E-state index contributed by atoms with van der Waals surface area (Å²) in [7, 11) is -3.59. The first-order chi connectivity index (χ1) is 25.8. The fraction of sp³-hybridized carbons (Fsp3) is 0.477. The molecular formula is C44H60O8Si2. The topological polar surface area (TPSA) is 104 Å². The minimum absolute atomic E-state index is 0.000123. The van der Waals surface area contributed by atoms with E-state index in [4.69, 9.17) is 23.1 Å². The highest BCUT2D eigenvalue weighted by Crippen LogP contribution is 2.62. The van der Waals surface area contributed by atoms with Gasteiger partial charge < -0.3 is 33.3 Å². The summed E-state index contributed by atoms with van der Waals surface area (Å²) in [6.45, 7) is 18.1. The molecule has 2 aliphatic rings. The summed E-state index contributed by atoms with van der Waals surface area (Å²) in [6.07, 6.45) is 0.588. The molecule has 0 aromatic heterocycles. The van der Waals surface area contributed by atoms with Crippen molar-refractivity contribution in [3.05, 3.63) is 108 Å². The Hall–Kier alpha value is -3.52. The highest BCUT2D eigenvalue weighted by Gasteiger charge is 2.66. The van der Waals surface area contributed by atoms with Crippen LogP contribution in [0.15, 0.2) is 108 Å². The van der Waals surface area contributed by atoms with Gasteiger partial charge in [0.15, 0.2) is 15.1 Å². The maximum absolute atomic E-state index is 13.3. The summed E-state index contributed by atoms with van der Waals surface area (Å²) in [4.78, 5) is 13.3. The lowest BCUT2D eigenvalue weighted by molar-refractivity contribution is -0.133. The number of carboxylic acids is 1. The van der Waals surface area contributed by atoms with E-state index in [0.29, 0.717) is 24.2 Å². The van der Waals surface area contributed by atoms with Crippen molar-refractivity contribution < 1.29 is 38.1 Å². The van der Waals surface area contributed by atoms with Crippen LogP contribution in [0.1, 0.15) is 60.8 Å². The van der Waals surface area contributed by atoms with Gasteiger partial charge >= 0.3 is 5.97 Å². The number of hydrogen-bond acceptors (Lipinski definition) is 7. The van der Waals surface area contributed by atoms with Gasteiger partial charge in [0, 0.05) is 30.4 Å². The predicted octanol–water partition coefficient (Wildman–Crippen LogP) is 8.11. The summed E-state index contributed by atoms with van der Waals surface area (Å²) in [5.41, 5.74) is 0.561. The van der Waals surface area contributed by atoms with E-state index in [1.165, 1.54) is 0 Å². The molecule has 1 unspecified atom stereocenters. The van der Waals surface area contributed by atoms with Gasteiger partial charge in [0.05, 0.1) is 25.4 Å². The number of fused-ring (bicyclic) bond motifs is 2. The number of benzene rings is 3. The van der Waals surface area contributed by atoms with Crippen LogP contribution < -0.4 is 19.8 Å². The van der Waals surface area contributed by atoms with Gasteiger partial charge in [-0.2, -0.15) is 0 Å². The molecule has 292 valence electrons. The first-order valence-corrected chi connectivity index (χ1v) is 23.9. The Labute approximate surface area is 324 Å². The standard InChI is InChI=1S/C44H60O8Si2/c1-9-53(10-2,11-3)52-44(32(4)30-49-31-50-34-24-22-33(48-8)23-25-34)38-26-27-39(44)41(45)40(38)37(42(46)47)28-29-51-54(43(5,6)7,35-18-14-12-15-19-35)36-20-16-13-17-21-36/h12-25,38-39,41,45H,4,9-11,26-31H2,1-3,5-8H3,(H,46,47)/b40-37-/t38-,39+,41+,44?/m1/s1. The van der Waals surface area contributed by atoms with Crippen LogP contribution in [-0.2, 0) is 18.4 Å². The van der Waals surface area contributed by atoms with Crippen molar-refractivity contribution in [2.45, 2.75) is 95.7 Å². The largest absolute Gasteiger partial charge is 0.497 e. The fourth-order valence-corrected chi connectivity index (χ4v) is 16.8. The van der Waals surface area contributed by atoms with E-state index in [2.05, 4.69) is 72.4 Å². The molecule has 0 amide bonds. The second-order valence-electron chi connectivity index (χ2n) is 15.7. The van der Waals surface area contributed by atoms with E-state index in [1.807, 2.05) is 60.7 Å². The van der Waals surface area contributed by atoms with Gasteiger partial charge in [-0.05, 0) is 81.8 Å². The Morgan fingerprint density at radius 2 is 1.43 bits per heavy atom. The molecule has 0 heterocycles. The molecular weight excluding hydrogens is 713 g/mol. The average molecular weight is 773 g/mol. The van der Waals surface area contributed by atoms with Crippen LogP contribution in [0, 0.1) is 11.8 Å². The number of ether oxygens (including phenoxy) is 3. The molecule has 10 heteroatoms. The maximum atomic E-state index is 13.3. The molecule has 0 aliphatic heterocycles. The van der Waals surface area contributed by atoms with Crippen LogP contribution in [-0.4, -0.2) is 71.6 Å². The molecule has 3 aromatic carbocycles. The van der Waals surface area contributed by atoms with E-state index in [9.17, 15) is 15.0 Å². The smallest absolute Gasteiger partial charge is 0.331 e. The maximum Gasteiger partial charge on any atom is 0.331 e. The molecule has 8 nitrogen and oxygen atoms in total. The average Bonchev–Trinajstić information content (AvgIpc) is 3.65. The zero-order valence-corrected chi connectivity index (χ0v) is 35.2. The summed E-state index contributed by atoms with van der Waals surface area (Å²) >= 11 is 0. The molecule has 0 saturated heterocycles. The molecule has 0 spiro atoms. The van der Waals surface area contributed by atoms with Crippen LogP contribution in [0.3, 0.4) is 0 Å². The normalized spacial score (nSPS) is 22.3. The third kappa shape index (κ3) is 7.92. The second kappa shape index (κ2) is 17.5. The summed E-state index contributed by atoms with van der Waals surface area (Å²) in [6, 6.07) is 30.7. The van der Waals surface area contributed by atoms with E-state index in [1.54, 1.807) is 7.11 Å². The summed E-state index contributed by atoms with van der Waals surface area (Å²) in [5, 5.41) is 25.1. The van der Waals surface area contributed by atoms with E-state index in [-0.39, 0.29) is 48.9 Å². The number of hydrogen-bond donors (Lipinski definition) is 2. The lowest BCUT2D eigenvalue weighted by atomic mass is 9.83. The van der Waals surface area contributed by atoms with Crippen LogP contribution >= 0.6 is 0 Å². The van der Waals surface area contributed by atoms with Gasteiger partial charge in [0.2, 0.25) is 0 Å². The van der Waals surface area contributed by atoms with Gasteiger partial charge in [-0.1, -0.05) is 109 Å². The van der Waals surface area contributed by atoms with Crippen molar-refractivity contribution in [1.29, 1.82) is 0 Å². The molecule has 2 fully saturated rings. The third-order valence-corrected chi connectivity index (χ3v) is 21.8. The van der Waals surface area contributed by atoms with Gasteiger partial charge in [0.1, 0.15) is 11.5 Å². The van der Waals surface area contributed by atoms with Gasteiger partial charge in [-0.3, -0.25) is 0 Å². The Morgan fingerprint density at radius 3 is 1.93 bits per heavy atom. The quantitative estimate of drug-likeness (QED) is 0.0415. The molecule has 5 rings (SSSR count). The molecule has 2 N–H and O–H groups in total. The summed E-state index contributed by atoms with van der Waals surface area (Å²) < 4.78 is 31.8. The minimum atomic E-state index is -2.91. The van der Waals surface area contributed by atoms with Crippen LogP contribution in [0.4, 0.5) is 0 Å². The molecule has 2 saturated carbocycles. The highest BCUT2D eigenvalue weighted by molar-refractivity contribution is 6.99. The first kappa shape index (κ1) is 41.6. The van der Waals surface area contributed by atoms with Crippen molar-refractivity contribution in [1.82, 2.24) is 0 Å². The zero-order valence-electron chi connectivity index (χ0n) is 33.2. The third-order valence-electron chi connectivity index (χ3n) is 12.1. The van der Waals surface area contributed by atoms with Gasteiger partial charge in [0.25, 0.3) is 8.32 Å². The van der Waals surface area contributed by atoms with E-state index >= 15 is 0 Å². The first-order valence-electron chi connectivity index (χ1n) is 19.5. The molecule has 54 heavy (non-hydrogen) atoms. The molecule has 4 atom stereocenters. The van der Waals surface area contributed by atoms with Crippen molar-refractivity contribution in [3.8, 4) is 11.5 Å². The molecule has 3 aromatic rings. The Kier molecular flexibility index (Phi) is 13.5. The number of aliphatic hydroxyl groups excluding tert-OH is 1. The van der Waals surface area contributed by atoms with Gasteiger partial charge in [-0.25, -0.2) is 4.79 Å². The van der Waals surface area contributed by atoms with Gasteiger partial charge in [-0.15, -0.1) is 0 Å². The van der Waals surface area contributed by atoms with E-state index < -0.39 is 34.3 Å². The molecule has 0 radical (unpaired) electrons. The number of carbonyl (C=O) groups is 1. The zero-order chi connectivity index (χ0) is 39.1. The van der Waals surface area contributed by atoms with Crippen LogP contribution in [0.5, 0.6) is 11.5 Å². The van der Waals surface area contributed by atoms with Crippen molar-refractivity contribution in [2.75, 3.05) is 27.1 Å². The minimum Gasteiger partial charge on any atom is -0.497 e. The van der Waals surface area contributed by atoms with Crippen molar-refractivity contribution in [3.63, 3.8) is 0 Å². The Bertz CT molecular complexity index is 1690. The second-order valence-corrected chi connectivity index (χ2v) is 24.7. The monoisotopic (exact) mass is 772 g/mol. The van der Waals surface area contributed by atoms with Crippen LogP contribution in [0.2, 0.25) is 23.2 Å². The lowest BCUT2D eigenvalue weighted by Gasteiger charge is -2.45. The van der Waals surface area contributed by atoms with Crippen LogP contribution in [0.25, 0.3) is 0 Å². The fourth-order valence-electron chi connectivity index (χ4n) is 9.18. The number of aliphatic hydroxyl groups is 1. The Balaban J connectivity index is 1.47. The SMILES string of the molecule is C=C(COCOc1ccc(OC)cc1)C1(O[Si](CC)(CC)CC)[C@@H]2CC[C@H]1[C@H](O)/C2=C(/CCO[Si](c1ccccc1)(c1ccccc1)C(C)(C)C)C(=O)O. The highest BCUT2D eigenvalue weighted by atomic mass is 28.4. The Morgan fingerprint density at radius 1 is 0.870 bits per heavy atom. The molecule has 2 aliphatic carbocycles. The van der Waals surface area contributed by atoms with Crippen molar-refractivity contribution in [2.24, 2.45) is 11.8 Å².